The smallest absolute Gasteiger partial charge is 0.261 e. The molecule has 0 aromatic heterocycles. The molecule has 0 saturated carbocycles. The number of carbonyl (C=O) groups is 1. The summed E-state index contributed by atoms with van der Waals surface area (Å²) in [6.07, 6.45) is 0.476. The molecule has 0 aliphatic carbocycles. The van der Waals surface area contributed by atoms with Crippen LogP contribution in [0.1, 0.15) is 37.3 Å². The second-order valence-corrected chi connectivity index (χ2v) is 9.81. The summed E-state index contributed by atoms with van der Waals surface area (Å²) < 4.78 is 29.5. The predicted octanol–water partition coefficient (Wildman–Crippen LogP) is 3.40. The number of amides is 1. The van der Waals surface area contributed by atoms with Crippen LogP contribution in [0, 0.1) is 0 Å². The molecule has 6 heteroatoms. The quantitative estimate of drug-likeness (QED) is 0.713. The fraction of sp³-hybridized carbons (Fsp3) is 0.409. The minimum Gasteiger partial charge on any atom is -0.484 e. The van der Waals surface area contributed by atoms with Gasteiger partial charge < -0.3 is 9.64 Å². The Morgan fingerprint density at radius 3 is 2.36 bits per heavy atom. The second-order valence-electron chi connectivity index (χ2n) is 7.58. The highest BCUT2D eigenvalue weighted by molar-refractivity contribution is 7.91. The molecule has 1 fully saturated rings. The maximum Gasteiger partial charge on any atom is 0.261 e. The fourth-order valence-electron chi connectivity index (χ4n) is 3.39. The van der Waals surface area contributed by atoms with E-state index in [1.807, 2.05) is 30.3 Å². The maximum atomic E-state index is 12.9. The maximum absolute atomic E-state index is 12.9. The van der Waals surface area contributed by atoms with Gasteiger partial charge >= 0.3 is 0 Å². The molecular formula is C22H27NO4S. The van der Waals surface area contributed by atoms with E-state index in [-0.39, 0.29) is 30.1 Å². The van der Waals surface area contributed by atoms with Gasteiger partial charge in [-0.15, -0.1) is 0 Å². The lowest BCUT2D eigenvalue weighted by molar-refractivity contribution is -0.136. The molecule has 2 aromatic rings. The first-order valence-corrected chi connectivity index (χ1v) is 11.4. The second kappa shape index (κ2) is 8.78. The third-order valence-electron chi connectivity index (χ3n) is 5.07. The first-order valence-electron chi connectivity index (χ1n) is 9.60. The highest BCUT2D eigenvalue weighted by Gasteiger charge is 2.34. The van der Waals surface area contributed by atoms with Crippen LogP contribution in [0.3, 0.4) is 0 Å². The average molecular weight is 402 g/mol. The number of hydrogen-bond acceptors (Lipinski definition) is 4. The molecule has 0 radical (unpaired) electrons. The van der Waals surface area contributed by atoms with Gasteiger partial charge in [0.25, 0.3) is 5.91 Å². The minimum atomic E-state index is -3.09. The molecule has 2 aromatic carbocycles. The van der Waals surface area contributed by atoms with Crippen molar-refractivity contribution in [2.75, 3.05) is 18.1 Å². The lowest BCUT2D eigenvalue weighted by atomic mass is 10.0. The number of carbonyl (C=O) groups excluding carboxylic acids is 1. The third-order valence-corrected chi connectivity index (χ3v) is 6.82. The molecule has 1 saturated heterocycles. The zero-order chi connectivity index (χ0) is 20.1. The Morgan fingerprint density at radius 2 is 1.79 bits per heavy atom. The molecule has 1 heterocycles. The van der Waals surface area contributed by atoms with Crippen molar-refractivity contribution < 1.29 is 17.9 Å². The summed E-state index contributed by atoms with van der Waals surface area (Å²) in [6.45, 7) is 4.55. The number of sulfone groups is 1. The Bertz CT molecular complexity index is 892. The Labute approximate surface area is 167 Å². The molecule has 150 valence electrons. The van der Waals surface area contributed by atoms with Gasteiger partial charge in [-0.25, -0.2) is 8.42 Å². The summed E-state index contributed by atoms with van der Waals surface area (Å²) in [5.41, 5.74) is 2.22. The molecule has 3 rings (SSSR count). The number of benzene rings is 2. The Morgan fingerprint density at radius 1 is 1.11 bits per heavy atom. The van der Waals surface area contributed by atoms with E-state index in [1.165, 1.54) is 5.56 Å². The summed E-state index contributed by atoms with van der Waals surface area (Å²) in [4.78, 5) is 14.6. The van der Waals surface area contributed by atoms with Crippen LogP contribution in [0.15, 0.2) is 54.6 Å². The molecule has 0 spiro atoms. The molecule has 0 N–H and O–H groups in total. The van der Waals surface area contributed by atoms with Crippen molar-refractivity contribution in [3.8, 4) is 5.75 Å². The molecule has 1 unspecified atom stereocenters. The predicted molar refractivity (Wildman–Crippen MR) is 110 cm³/mol. The van der Waals surface area contributed by atoms with Gasteiger partial charge in [0.1, 0.15) is 5.75 Å². The summed E-state index contributed by atoms with van der Waals surface area (Å²) >= 11 is 0. The SMILES string of the molecule is CC(C)c1ccc(CN(C(=O)COc2ccccc2)C2CCS(=O)(=O)C2)cc1. The largest absolute Gasteiger partial charge is 0.484 e. The number of nitrogens with zero attached hydrogens (tertiary/aromatic N) is 1. The summed E-state index contributed by atoms with van der Waals surface area (Å²) in [7, 11) is -3.09. The first-order chi connectivity index (χ1) is 13.3. The van der Waals surface area contributed by atoms with E-state index >= 15 is 0 Å². The van der Waals surface area contributed by atoms with Crippen molar-refractivity contribution >= 4 is 15.7 Å². The van der Waals surface area contributed by atoms with E-state index in [9.17, 15) is 13.2 Å². The van der Waals surface area contributed by atoms with E-state index in [0.29, 0.717) is 24.6 Å². The average Bonchev–Trinajstić information content (AvgIpc) is 3.05. The van der Waals surface area contributed by atoms with Gasteiger partial charge in [-0.1, -0.05) is 56.3 Å². The van der Waals surface area contributed by atoms with Gasteiger partial charge in [0.2, 0.25) is 0 Å². The zero-order valence-corrected chi connectivity index (χ0v) is 17.2. The van der Waals surface area contributed by atoms with Gasteiger partial charge in [-0.2, -0.15) is 0 Å². The molecule has 0 bridgehead atoms. The van der Waals surface area contributed by atoms with E-state index in [0.717, 1.165) is 5.56 Å². The Kier molecular flexibility index (Phi) is 6.39. The number of ether oxygens (including phenoxy) is 1. The molecule has 1 aliphatic heterocycles. The van der Waals surface area contributed by atoms with Gasteiger partial charge in [-0.05, 0) is 35.6 Å². The summed E-state index contributed by atoms with van der Waals surface area (Å²) in [5.74, 6) is 1.02. The standard InChI is InChI=1S/C22H27NO4S/c1-17(2)19-10-8-18(9-11-19)14-23(20-12-13-28(25,26)16-20)22(24)15-27-21-6-4-3-5-7-21/h3-11,17,20H,12-16H2,1-2H3. The van der Waals surface area contributed by atoms with Crippen LogP contribution < -0.4 is 4.74 Å². The van der Waals surface area contributed by atoms with Crippen molar-refractivity contribution in [2.45, 2.75) is 38.8 Å². The highest BCUT2D eigenvalue weighted by Crippen LogP contribution is 2.22. The lowest BCUT2D eigenvalue weighted by Crippen LogP contribution is -2.43. The van der Waals surface area contributed by atoms with Crippen LogP contribution in [0.4, 0.5) is 0 Å². The summed E-state index contributed by atoms with van der Waals surface area (Å²) in [6, 6.07) is 17.0. The van der Waals surface area contributed by atoms with Crippen LogP contribution in [-0.2, 0) is 21.2 Å². The monoisotopic (exact) mass is 401 g/mol. The lowest BCUT2D eigenvalue weighted by Gasteiger charge is -2.28. The Balaban J connectivity index is 1.73. The Hall–Kier alpha value is -2.34. The van der Waals surface area contributed by atoms with E-state index in [1.54, 1.807) is 17.0 Å². The van der Waals surface area contributed by atoms with E-state index in [4.69, 9.17) is 4.74 Å². The van der Waals surface area contributed by atoms with Gasteiger partial charge in [0.15, 0.2) is 16.4 Å². The van der Waals surface area contributed by atoms with E-state index in [2.05, 4.69) is 26.0 Å². The molecule has 1 amide bonds. The number of rotatable bonds is 7. The van der Waals surface area contributed by atoms with Crippen molar-refractivity contribution in [2.24, 2.45) is 0 Å². The topological polar surface area (TPSA) is 63.7 Å². The van der Waals surface area contributed by atoms with Crippen molar-refractivity contribution in [1.82, 2.24) is 4.90 Å². The fourth-order valence-corrected chi connectivity index (χ4v) is 5.12. The normalized spacial score (nSPS) is 18.2. The first kappa shape index (κ1) is 20.4. The number of hydrogen-bond donors (Lipinski definition) is 0. The molecular weight excluding hydrogens is 374 g/mol. The van der Waals surface area contributed by atoms with Crippen LogP contribution >= 0.6 is 0 Å². The molecule has 5 nitrogen and oxygen atoms in total. The molecule has 28 heavy (non-hydrogen) atoms. The van der Waals surface area contributed by atoms with Crippen molar-refractivity contribution in [3.63, 3.8) is 0 Å². The van der Waals surface area contributed by atoms with Crippen LogP contribution in [0.5, 0.6) is 5.75 Å². The van der Waals surface area contributed by atoms with Crippen LogP contribution in [0.2, 0.25) is 0 Å². The molecule has 1 atom stereocenters. The van der Waals surface area contributed by atoms with Gasteiger partial charge in [-0.3, -0.25) is 4.79 Å². The van der Waals surface area contributed by atoms with Crippen LogP contribution in [0.25, 0.3) is 0 Å². The highest BCUT2D eigenvalue weighted by atomic mass is 32.2. The number of para-hydroxylation sites is 1. The molecule has 1 aliphatic rings. The third kappa shape index (κ3) is 5.35. The van der Waals surface area contributed by atoms with Gasteiger partial charge in [0, 0.05) is 12.6 Å². The zero-order valence-electron chi connectivity index (χ0n) is 16.4. The van der Waals surface area contributed by atoms with E-state index < -0.39 is 9.84 Å². The van der Waals surface area contributed by atoms with Gasteiger partial charge in [0.05, 0.1) is 11.5 Å². The van der Waals surface area contributed by atoms with Crippen molar-refractivity contribution in [3.05, 3.63) is 65.7 Å². The van der Waals surface area contributed by atoms with Crippen LogP contribution in [-0.4, -0.2) is 43.4 Å². The minimum absolute atomic E-state index is 0.0220. The summed E-state index contributed by atoms with van der Waals surface area (Å²) in [5, 5.41) is 0. The van der Waals surface area contributed by atoms with Crippen molar-refractivity contribution in [1.29, 1.82) is 0 Å².